The van der Waals surface area contributed by atoms with Crippen LogP contribution in [0.1, 0.15) is 42.9 Å². The first-order valence-corrected chi connectivity index (χ1v) is 11.3. The van der Waals surface area contributed by atoms with Gasteiger partial charge in [0.05, 0.1) is 19.3 Å². The first kappa shape index (κ1) is 21.1. The highest BCUT2D eigenvalue weighted by Gasteiger charge is 2.31. The molecule has 1 atom stereocenters. The van der Waals surface area contributed by atoms with Gasteiger partial charge in [0, 0.05) is 44.7 Å². The molecule has 1 aromatic rings. The van der Waals surface area contributed by atoms with Crippen molar-refractivity contribution >= 4 is 11.9 Å². The van der Waals surface area contributed by atoms with E-state index in [9.17, 15) is 9.59 Å². The van der Waals surface area contributed by atoms with Crippen molar-refractivity contribution in [3.8, 4) is 0 Å². The number of rotatable bonds is 6. The third-order valence-electron chi connectivity index (χ3n) is 6.40. The molecule has 0 radical (unpaired) electrons. The number of ether oxygens (including phenoxy) is 1. The molecule has 3 aliphatic rings. The maximum Gasteiger partial charge on any atom is 0.317 e. The number of morpholine rings is 1. The molecule has 1 aromatic carbocycles. The minimum Gasteiger partial charge on any atom is -0.379 e. The van der Waals surface area contributed by atoms with E-state index < -0.39 is 0 Å². The Balaban J connectivity index is 1.33. The smallest absolute Gasteiger partial charge is 0.317 e. The highest BCUT2D eigenvalue weighted by Crippen LogP contribution is 2.23. The molecule has 2 N–H and O–H groups in total. The molecule has 2 aliphatic heterocycles. The number of amides is 3. The third-order valence-corrected chi connectivity index (χ3v) is 6.40. The normalized spacial score (nSPS) is 21.8. The molecule has 1 saturated carbocycles. The van der Waals surface area contributed by atoms with Crippen molar-refractivity contribution < 1.29 is 14.3 Å². The van der Waals surface area contributed by atoms with E-state index in [1.165, 1.54) is 5.56 Å². The van der Waals surface area contributed by atoms with Crippen molar-refractivity contribution in [3.05, 3.63) is 35.4 Å². The second kappa shape index (κ2) is 9.79. The van der Waals surface area contributed by atoms with E-state index in [1.807, 2.05) is 4.90 Å². The number of hydrogen-bond acceptors (Lipinski definition) is 4. The first-order chi connectivity index (χ1) is 14.6. The van der Waals surface area contributed by atoms with Crippen molar-refractivity contribution in [2.75, 3.05) is 45.9 Å². The second-order valence-electron chi connectivity index (χ2n) is 8.87. The van der Waals surface area contributed by atoms with Crippen LogP contribution in [-0.2, 0) is 9.53 Å². The quantitative estimate of drug-likeness (QED) is 0.747. The molecule has 7 heteroatoms. The SMILES string of the molecule is Cc1ccc([C@H](CN2CCOCC2)NC(=O)C2CCN(C(=O)NC3CC3)CC2)cc1. The fourth-order valence-electron chi connectivity index (χ4n) is 4.20. The average Bonchev–Trinajstić information content (AvgIpc) is 3.58. The first-order valence-electron chi connectivity index (χ1n) is 11.3. The molecule has 0 aromatic heterocycles. The molecule has 0 spiro atoms. The van der Waals surface area contributed by atoms with Crippen LogP contribution in [0.25, 0.3) is 0 Å². The molecule has 7 nitrogen and oxygen atoms in total. The van der Waals surface area contributed by atoms with Gasteiger partial charge in [0.1, 0.15) is 0 Å². The second-order valence-corrected chi connectivity index (χ2v) is 8.87. The van der Waals surface area contributed by atoms with E-state index in [-0.39, 0.29) is 23.9 Å². The number of nitrogens with zero attached hydrogens (tertiary/aromatic N) is 2. The van der Waals surface area contributed by atoms with Crippen LogP contribution in [0.5, 0.6) is 0 Å². The van der Waals surface area contributed by atoms with Crippen molar-refractivity contribution in [1.29, 1.82) is 0 Å². The Labute approximate surface area is 179 Å². The van der Waals surface area contributed by atoms with E-state index in [4.69, 9.17) is 4.74 Å². The Hall–Kier alpha value is -2.12. The molecule has 0 unspecified atom stereocenters. The fourth-order valence-corrected chi connectivity index (χ4v) is 4.20. The highest BCUT2D eigenvalue weighted by molar-refractivity contribution is 5.80. The van der Waals surface area contributed by atoms with Crippen molar-refractivity contribution in [1.82, 2.24) is 20.4 Å². The highest BCUT2D eigenvalue weighted by atomic mass is 16.5. The van der Waals surface area contributed by atoms with Crippen LogP contribution in [-0.4, -0.2) is 73.7 Å². The van der Waals surface area contributed by atoms with Crippen LogP contribution in [0.4, 0.5) is 4.79 Å². The Morgan fingerprint density at radius 2 is 1.70 bits per heavy atom. The van der Waals surface area contributed by atoms with Crippen LogP contribution in [0, 0.1) is 12.8 Å². The summed E-state index contributed by atoms with van der Waals surface area (Å²) in [4.78, 5) is 29.5. The lowest BCUT2D eigenvalue weighted by atomic mass is 9.95. The zero-order valence-corrected chi connectivity index (χ0v) is 17.9. The van der Waals surface area contributed by atoms with Gasteiger partial charge in [0.15, 0.2) is 0 Å². The molecular formula is C23H34N4O3. The van der Waals surface area contributed by atoms with E-state index in [2.05, 4.69) is 46.7 Å². The lowest BCUT2D eigenvalue weighted by Gasteiger charge is -2.34. The summed E-state index contributed by atoms with van der Waals surface area (Å²) < 4.78 is 5.47. The molecule has 1 aliphatic carbocycles. The van der Waals surface area contributed by atoms with Crippen LogP contribution < -0.4 is 10.6 Å². The van der Waals surface area contributed by atoms with Crippen molar-refractivity contribution in [3.63, 3.8) is 0 Å². The van der Waals surface area contributed by atoms with E-state index in [0.29, 0.717) is 19.1 Å². The summed E-state index contributed by atoms with van der Waals surface area (Å²) in [6.45, 7) is 7.45. The number of carbonyl (C=O) groups excluding carboxylic acids is 2. The molecule has 3 fully saturated rings. The summed E-state index contributed by atoms with van der Waals surface area (Å²) in [7, 11) is 0. The van der Waals surface area contributed by atoms with Gasteiger partial charge >= 0.3 is 6.03 Å². The number of hydrogen-bond donors (Lipinski definition) is 2. The fraction of sp³-hybridized carbons (Fsp3) is 0.652. The predicted molar refractivity (Wildman–Crippen MR) is 115 cm³/mol. The molecule has 2 saturated heterocycles. The number of urea groups is 1. The average molecular weight is 415 g/mol. The molecule has 2 heterocycles. The minimum absolute atomic E-state index is 0.0289. The van der Waals surface area contributed by atoms with Gasteiger partial charge in [-0.05, 0) is 38.2 Å². The van der Waals surface area contributed by atoms with Gasteiger partial charge in [-0.1, -0.05) is 29.8 Å². The maximum absolute atomic E-state index is 13.1. The zero-order chi connectivity index (χ0) is 20.9. The number of carbonyl (C=O) groups is 2. The van der Waals surface area contributed by atoms with Gasteiger partial charge in [-0.15, -0.1) is 0 Å². The number of benzene rings is 1. The maximum atomic E-state index is 13.1. The Kier molecular flexibility index (Phi) is 6.89. The standard InChI is InChI=1S/C23H34N4O3/c1-17-2-4-18(5-3-17)21(16-26-12-14-30-15-13-26)25-22(28)19-8-10-27(11-9-19)23(29)24-20-6-7-20/h2-5,19-21H,6-16H2,1H3,(H,24,29)(H,25,28)/t21-/m0/s1. The molecule has 4 rings (SSSR count). The zero-order valence-electron chi connectivity index (χ0n) is 17.9. The van der Waals surface area contributed by atoms with Gasteiger partial charge in [0.25, 0.3) is 0 Å². The lowest BCUT2D eigenvalue weighted by Crippen LogP contribution is -2.48. The molecule has 3 amide bonds. The van der Waals surface area contributed by atoms with Crippen LogP contribution in [0.2, 0.25) is 0 Å². The monoisotopic (exact) mass is 414 g/mol. The Morgan fingerprint density at radius 3 is 2.33 bits per heavy atom. The largest absolute Gasteiger partial charge is 0.379 e. The summed E-state index contributed by atoms with van der Waals surface area (Å²) in [6.07, 6.45) is 3.63. The van der Waals surface area contributed by atoms with E-state index in [0.717, 1.165) is 64.1 Å². The van der Waals surface area contributed by atoms with Crippen LogP contribution in [0.3, 0.4) is 0 Å². The van der Waals surface area contributed by atoms with Gasteiger partial charge in [-0.25, -0.2) is 4.79 Å². The molecule has 0 bridgehead atoms. The molecular weight excluding hydrogens is 380 g/mol. The summed E-state index contributed by atoms with van der Waals surface area (Å²) in [5, 5.41) is 6.36. The Morgan fingerprint density at radius 1 is 1.03 bits per heavy atom. The van der Waals surface area contributed by atoms with Gasteiger partial charge in [-0.3, -0.25) is 9.69 Å². The van der Waals surface area contributed by atoms with E-state index in [1.54, 1.807) is 0 Å². The van der Waals surface area contributed by atoms with Crippen molar-refractivity contribution in [2.45, 2.75) is 44.7 Å². The Bertz CT molecular complexity index is 720. The number of piperidine rings is 1. The topological polar surface area (TPSA) is 73.9 Å². The van der Waals surface area contributed by atoms with Gasteiger partial charge < -0.3 is 20.3 Å². The summed E-state index contributed by atoms with van der Waals surface area (Å²) in [5.41, 5.74) is 2.36. The lowest BCUT2D eigenvalue weighted by molar-refractivity contribution is -0.127. The molecule has 164 valence electrons. The minimum atomic E-state index is -0.0348. The number of likely N-dealkylation sites (tertiary alicyclic amines) is 1. The number of nitrogens with one attached hydrogen (secondary N) is 2. The van der Waals surface area contributed by atoms with Gasteiger partial charge in [-0.2, -0.15) is 0 Å². The van der Waals surface area contributed by atoms with Crippen LogP contribution >= 0.6 is 0 Å². The van der Waals surface area contributed by atoms with Gasteiger partial charge in [0.2, 0.25) is 5.91 Å². The molecule has 30 heavy (non-hydrogen) atoms. The van der Waals surface area contributed by atoms with Crippen LogP contribution in [0.15, 0.2) is 24.3 Å². The van der Waals surface area contributed by atoms with E-state index >= 15 is 0 Å². The summed E-state index contributed by atoms with van der Waals surface area (Å²) in [5.74, 6) is 0.0729. The summed E-state index contributed by atoms with van der Waals surface area (Å²) in [6, 6.07) is 8.80. The van der Waals surface area contributed by atoms with Crippen molar-refractivity contribution in [2.24, 2.45) is 5.92 Å². The predicted octanol–water partition coefficient (Wildman–Crippen LogP) is 2.07. The third kappa shape index (κ3) is 5.73. The summed E-state index contributed by atoms with van der Waals surface area (Å²) >= 11 is 0. The number of aryl methyl sites for hydroxylation is 1.